The van der Waals surface area contributed by atoms with Crippen molar-refractivity contribution < 1.29 is 5.11 Å². The number of nitrogens with zero attached hydrogens (tertiary/aromatic N) is 1. The van der Waals surface area contributed by atoms with Gasteiger partial charge in [0.1, 0.15) is 0 Å². The first-order valence-corrected chi connectivity index (χ1v) is 7.40. The third kappa shape index (κ3) is 2.12. The molecular formula is C19H17NO. The number of hydrogen-bond donors (Lipinski definition) is 1. The van der Waals surface area contributed by atoms with Crippen molar-refractivity contribution in [2.24, 2.45) is 5.92 Å². The molecule has 1 heterocycles. The van der Waals surface area contributed by atoms with E-state index in [2.05, 4.69) is 35.3 Å². The highest BCUT2D eigenvalue weighted by Crippen LogP contribution is 2.37. The van der Waals surface area contributed by atoms with E-state index in [4.69, 9.17) is 0 Å². The zero-order valence-corrected chi connectivity index (χ0v) is 11.7. The molecule has 2 aromatic carbocycles. The van der Waals surface area contributed by atoms with Crippen LogP contribution in [0.15, 0.2) is 60.9 Å². The van der Waals surface area contributed by atoms with E-state index in [1.807, 2.05) is 30.6 Å². The molecule has 0 fully saturated rings. The van der Waals surface area contributed by atoms with Crippen LogP contribution in [0.2, 0.25) is 0 Å². The summed E-state index contributed by atoms with van der Waals surface area (Å²) in [6, 6.07) is 16.6. The van der Waals surface area contributed by atoms with E-state index in [0.29, 0.717) is 0 Å². The van der Waals surface area contributed by atoms with Crippen molar-refractivity contribution in [3.05, 3.63) is 77.6 Å². The summed E-state index contributed by atoms with van der Waals surface area (Å²) in [5.41, 5.74) is 3.69. The predicted octanol–water partition coefficient (Wildman–Crippen LogP) is 3.68. The van der Waals surface area contributed by atoms with Crippen LogP contribution in [0.3, 0.4) is 0 Å². The molecule has 0 radical (unpaired) electrons. The molecule has 1 aromatic heterocycles. The van der Waals surface area contributed by atoms with Crippen LogP contribution in [-0.4, -0.2) is 10.1 Å². The van der Waals surface area contributed by atoms with E-state index in [9.17, 15) is 5.11 Å². The topological polar surface area (TPSA) is 33.1 Å². The summed E-state index contributed by atoms with van der Waals surface area (Å²) < 4.78 is 0. The molecule has 1 atom stereocenters. The smallest absolute Gasteiger partial charge is 0.0845 e. The summed E-state index contributed by atoms with van der Waals surface area (Å²) >= 11 is 0. The van der Waals surface area contributed by atoms with Crippen LogP contribution in [0.1, 0.15) is 22.8 Å². The first kappa shape index (κ1) is 12.5. The molecule has 1 N–H and O–H groups in total. The molecule has 0 aliphatic heterocycles. The SMILES string of the molecule is OC(c1cncc2ccccc12)C1Cc2ccccc2C1. The molecule has 0 spiro atoms. The molecule has 0 saturated heterocycles. The lowest BCUT2D eigenvalue weighted by Gasteiger charge is -2.19. The third-order valence-corrected chi connectivity index (χ3v) is 4.55. The van der Waals surface area contributed by atoms with Crippen molar-refractivity contribution in [1.29, 1.82) is 0 Å². The number of pyridine rings is 1. The van der Waals surface area contributed by atoms with Gasteiger partial charge in [-0.1, -0.05) is 48.5 Å². The minimum atomic E-state index is -0.462. The monoisotopic (exact) mass is 275 g/mol. The van der Waals surface area contributed by atoms with Crippen molar-refractivity contribution >= 4 is 10.8 Å². The molecule has 0 bridgehead atoms. The van der Waals surface area contributed by atoms with Gasteiger partial charge in [0.15, 0.2) is 0 Å². The number of aliphatic hydroxyl groups excluding tert-OH is 1. The zero-order chi connectivity index (χ0) is 14.2. The number of aliphatic hydroxyl groups is 1. The minimum absolute atomic E-state index is 0.245. The summed E-state index contributed by atoms with van der Waals surface area (Å²) in [4.78, 5) is 4.29. The number of hydrogen-bond acceptors (Lipinski definition) is 2. The van der Waals surface area contributed by atoms with Crippen molar-refractivity contribution in [2.45, 2.75) is 18.9 Å². The van der Waals surface area contributed by atoms with Crippen LogP contribution >= 0.6 is 0 Å². The van der Waals surface area contributed by atoms with Gasteiger partial charge in [-0.3, -0.25) is 4.98 Å². The molecule has 2 heteroatoms. The Morgan fingerprint density at radius 3 is 2.33 bits per heavy atom. The molecule has 2 nitrogen and oxygen atoms in total. The number of benzene rings is 2. The molecular weight excluding hydrogens is 258 g/mol. The number of rotatable bonds is 2. The molecule has 0 amide bonds. The molecule has 1 aliphatic carbocycles. The van der Waals surface area contributed by atoms with E-state index in [0.717, 1.165) is 29.2 Å². The van der Waals surface area contributed by atoms with Gasteiger partial charge in [0.05, 0.1) is 6.10 Å². The highest BCUT2D eigenvalue weighted by atomic mass is 16.3. The van der Waals surface area contributed by atoms with Crippen molar-refractivity contribution in [3.8, 4) is 0 Å². The first-order chi connectivity index (χ1) is 10.3. The second-order valence-electron chi connectivity index (χ2n) is 5.83. The number of aromatic nitrogens is 1. The Morgan fingerprint density at radius 1 is 0.905 bits per heavy atom. The standard InChI is InChI=1S/C19H17NO/c21-19(16-9-13-5-1-2-6-14(13)10-16)18-12-20-11-15-7-3-4-8-17(15)18/h1-8,11-12,16,19,21H,9-10H2. The van der Waals surface area contributed by atoms with Crippen LogP contribution in [0.25, 0.3) is 10.8 Å². The van der Waals surface area contributed by atoms with Gasteiger partial charge in [-0.25, -0.2) is 0 Å². The van der Waals surface area contributed by atoms with Gasteiger partial charge >= 0.3 is 0 Å². The van der Waals surface area contributed by atoms with E-state index < -0.39 is 6.10 Å². The maximum absolute atomic E-state index is 10.9. The van der Waals surface area contributed by atoms with Gasteiger partial charge < -0.3 is 5.11 Å². The van der Waals surface area contributed by atoms with E-state index in [-0.39, 0.29) is 5.92 Å². The van der Waals surface area contributed by atoms with Crippen molar-refractivity contribution in [3.63, 3.8) is 0 Å². The predicted molar refractivity (Wildman–Crippen MR) is 84.0 cm³/mol. The quantitative estimate of drug-likeness (QED) is 0.774. The van der Waals surface area contributed by atoms with Gasteiger partial charge in [-0.05, 0) is 35.3 Å². The third-order valence-electron chi connectivity index (χ3n) is 4.55. The van der Waals surface area contributed by atoms with E-state index >= 15 is 0 Å². The summed E-state index contributed by atoms with van der Waals surface area (Å²) in [6.07, 6.45) is 5.10. The Bertz CT molecular complexity index is 766. The molecule has 104 valence electrons. The lowest BCUT2D eigenvalue weighted by Crippen LogP contribution is -2.13. The Balaban J connectivity index is 1.71. The average molecular weight is 275 g/mol. The summed E-state index contributed by atoms with van der Waals surface area (Å²) in [5.74, 6) is 0.245. The lowest BCUT2D eigenvalue weighted by atomic mass is 9.91. The Morgan fingerprint density at radius 2 is 1.57 bits per heavy atom. The second-order valence-corrected chi connectivity index (χ2v) is 5.83. The summed E-state index contributed by atoms with van der Waals surface area (Å²) in [6.45, 7) is 0. The van der Waals surface area contributed by atoms with Crippen LogP contribution in [-0.2, 0) is 12.8 Å². The lowest BCUT2D eigenvalue weighted by molar-refractivity contribution is 0.114. The molecule has 3 aromatic rings. The summed E-state index contributed by atoms with van der Waals surface area (Å²) in [7, 11) is 0. The van der Waals surface area contributed by atoms with Gasteiger partial charge in [-0.2, -0.15) is 0 Å². The maximum Gasteiger partial charge on any atom is 0.0845 e. The highest BCUT2D eigenvalue weighted by Gasteiger charge is 2.29. The van der Waals surface area contributed by atoms with E-state index in [1.54, 1.807) is 0 Å². The van der Waals surface area contributed by atoms with Gasteiger partial charge in [0.25, 0.3) is 0 Å². The molecule has 21 heavy (non-hydrogen) atoms. The average Bonchev–Trinajstić information content (AvgIpc) is 2.97. The van der Waals surface area contributed by atoms with Gasteiger partial charge in [0.2, 0.25) is 0 Å². The highest BCUT2D eigenvalue weighted by molar-refractivity contribution is 5.84. The molecule has 1 aliphatic rings. The molecule has 0 saturated carbocycles. The minimum Gasteiger partial charge on any atom is -0.388 e. The van der Waals surface area contributed by atoms with E-state index in [1.165, 1.54) is 11.1 Å². The van der Waals surface area contributed by atoms with Crippen molar-refractivity contribution in [2.75, 3.05) is 0 Å². The van der Waals surface area contributed by atoms with Gasteiger partial charge in [0, 0.05) is 23.3 Å². The zero-order valence-electron chi connectivity index (χ0n) is 11.7. The Labute approximate surface area is 124 Å². The van der Waals surface area contributed by atoms with Crippen molar-refractivity contribution in [1.82, 2.24) is 4.98 Å². The van der Waals surface area contributed by atoms with Gasteiger partial charge in [-0.15, -0.1) is 0 Å². The molecule has 4 rings (SSSR count). The maximum atomic E-state index is 10.9. The largest absolute Gasteiger partial charge is 0.388 e. The van der Waals surface area contributed by atoms with Crippen LogP contribution in [0.4, 0.5) is 0 Å². The number of fused-ring (bicyclic) bond motifs is 2. The first-order valence-electron chi connectivity index (χ1n) is 7.40. The fourth-order valence-corrected chi connectivity index (χ4v) is 3.45. The molecule has 1 unspecified atom stereocenters. The second kappa shape index (κ2) is 4.97. The Hall–Kier alpha value is -2.19. The summed E-state index contributed by atoms with van der Waals surface area (Å²) in [5, 5.41) is 13.0. The normalized spacial score (nSPS) is 16.0. The fraction of sp³-hybridized carbons (Fsp3) is 0.211. The fourth-order valence-electron chi connectivity index (χ4n) is 3.45. The van der Waals surface area contributed by atoms with Crippen LogP contribution < -0.4 is 0 Å². The van der Waals surface area contributed by atoms with Crippen LogP contribution in [0, 0.1) is 5.92 Å². The van der Waals surface area contributed by atoms with Crippen LogP contribution in [0.5, 0.6) is 0 Å². The Kier molecular flexibility index (Phi) is 2.97.